The van der Waals surface area contributed by atoms with Crippen LogP contribution >= 0.6 is 0 Å². The van der Waals surface area contributed by atoms with Crippen molar-refractivity contribution in [2.24, 2.45) is 0 Å². The van der Waals surface area contributed by atoms with Crippen LogP contribution in [0.5, 0.6) is 0 Å². The molecule has 0 aromatic heterocycles. The maximum absolute atomic E-state index is 12.8. The van der Waals surface area contributed by atoms with Crippen molar-refractivity contribution in [2.45, 2.75) is 289 Å². The number of esters is 1. The number of hydrogen-bond acceptors (Lipinski definition) is 6. The van der Waals surface area contributed by atoms with Crippen molar-refractivity contribution < 1.29 is 34.1 Å². The van der Waals surface area contributed by atoms with Gasteiger partial charge >= 0.3 is 11.9 Å². The predicted molar refractivity (Wildman–Crippen MR) is 250 cm³/mol. The molecule has 0 aliphatic carbocycles. The number of amides is 2. The predicted octanol–water partition coefficient (Wildman–Crippen LogP) is 13.6. The van der Waals surface area contributed by atoms with E-state index in [-0.39, 0.29) is 24.5 Å². The zero-order valence-corrected chi connectivity index (χ0v) is 39.5. The normalized spacial score (nSPS) is 12.3. The number of carbonyl (C=O) groups excluding carboxylic acids is 3. The Morgan fingerprint density at radius 3 is 1.08 bits per heavy atom. The van der Waals surface area contributed by atoms with Gasteiger partial charge in [-0.15, -0.1) is 0 Å². The van der Waals surface area contributed by atoms with Crippen LogP contribution in [0.2, 0.25) is 0 Å². The van der Waals surface area contributed by atoms with Crippen LogP contribution in [0.4, 0.5) is 0 Å². The number of unbranched alkanes of at least 4 members (excludes halogenated alkanes) is 34. The topological polar surface area (TPSA) is 142 Å². The third-order valence-electron chi connectivity index (χ3n) is 12.1. The Balaban J connectivity index is 4.04. The molecular weight excluding hydrogens is 753 g/mol. The van der Waals surface area contributed by atoms with E-state index in [1.807, 2.05) is 0 Å². The minimum Gasteiger partial charge on any atom is -0.480 e. The number of aliphatic hydroxyl groups excluding tert-OH is 1. The number of carboxylic acids is 1. The van der Waals surface area contributed by atoms with E-state index in [0.717, 1.165) is 57.8 Å². The number of carboxylic acid groups (broad SMARTS) is 1. The van der Waals surface area contributed by atoms with Gasteiger partial charge in [-0.2, -0.15) is 0 Å². The van der Waals surface area contributed by atoms with E-state index < -0.39 is 24.5 Å². The molecule has 2 unspecified atom stereocenters. The van der Waals surface area contributed by atoms with Crippen LogP contribution in [-0.2, 0) is 23.9 Å². The maximum Gasteiger partial charge on any atom is 0.328 e. The van der Waals surface area contributed by atoms with E-state index in [2.05, 4.69) is 24.5 Å². The van der Waals surface area contributed by atoms with E-state index in [1.165, 1.54) is 186 Å². The highest BCUT2D eigenvalue weighted by molar-refractivity contribution is 5.87. The number of rotatable bonds is 48. The van der Waals surface area contributed by atoms with E-state index >= 15 is 0 Å². The largest absolute Gasteiger partial charge is 0.480 e. The van der Waals surface area contributed by atoms with Gasteiger partial charge in [-0.25, -0.2) is 4.79 Å². The third-order valence-corrected chi connectivity index (χ3v) is 12.1. The van der Waals surface area contributed by atoms with Crippen LogP contribution in [0.1, 0.15) is 277 Å². The molecule has 0 saturated carbocycles. The highest BCUT2D eigenvalue weighted by Crippen LogP contribution is 2.20. The Morgan fingerprint density at radius 2 is 0.750 bits per heavy atom. The molecule has 0 aromatic rings. The third kappa shape index (κ3) is 42.5. The van der Waals surface area contributed by atoms with Crippen LogP contribution in [0.3, 0.4) is 0 Å². The lowest BCUT2D eigenvalue weighted by Gasteiger charge is -2.18. The van der Waals surface area contributed by atoms with Gasteiger partial charge in [0.1, 0.15) is 12.1 Å². The van der Waals surface area contributed by atoms with Gasteiger partial charge < -0.3 is 25.6 Å². The first-order valence-corrected chi connectivity index (χ1v) is 25.9. The molecule has 0 aromatic carbocycles. The lowest BCUT2D eigenvalue weighted by Crippen LogP contribution is -2.47. The van der Waals surface area contributed by atoms with E-state index in [9.17, 15) is 19.2 Å². The van der Waals surface area contributed by atoms with Gasteiger partial charge in [-0.05, 0) is 38.5 Å². The second kappa shape index (κ2) is 46.3. The molecule has 2 amide bonds. The number of carbonyl (C=O) groups is 4. The number of aliphatic carboxylic acids is 1. The fourth-order valence-corrected chi connectivity index (χ4v) is 8.13. The number of hydrogen-bond donors (Lipinski definition) is 4. The second-order valence-corrected chi connectivity index (χ2v) is 18.0. The molecule has 354 valence electrons. The summed E-state index contributed by atoms with van der Waals surface area (Å²) in [6.45, 7) is 3.52. The molecule has 9 heteroatoms. The Morgan fingerprint density at radius 1 is 0.433 bits per heavy atom. The van der Waals surface area contributed by atoms with Crippen molar-refractivity contribution in [3.8, 4) is 0 Å². The SMILES string of the molecule is CCCCCCCCCCCCCCCCCCCCCCCCCC(=O)OC(CCCCCCCCCCC)CCCCCCCC(=O)NCC(=O)NC(CO)C(=O)O. The molecule has 4 N–H and O–H groups in total. The Bertz CT molecular complexity index is 977. The van der Waals surface area contributed by atoms with Gasteiger partial charge in [0.15, 0.2) is 0 Å². The lowest BCUT2D eigenvalue weighted by molar-refractivity contribution is -0.150. The van der Waals surface area contributed by atoms with Gasteiger partial charge in [0.2, 0.25) is 11.8 Å². The van der Waals surface area contributed by atoms with E-state index in [1.54, 1.807) is 0 Å². The summed E-state index contributed by atoms with van der Waals surface area (Å²) >= 11 is 0. The molecular formula is C51H98N2O7. The molecule has 0 aliphatic heterocycles. The highest BCUT2D eigenvalue weighted by atomic mass is 16.5. The minimum atomic E-state index is -1.38. The Hall–Kier alpha value is -2.16. The lowest BCUT2D eigenvalue weighted by atomic mass is 10.0. The summed E-state index contributed by atoms with van der Waals surface area (Å²) in [4.78, 5) is 47.7. The molecule has 0 spiro atoms. The fourth-order valence-electron chi connectivity index (χ4n) is 8.13. The van der Waals surface area contributed by atoms with E-state index in [4.69, 9.17) is 14.9 Å². The molecule has 0 rings (SSSR count). The van der Waals surface area contributed by atoms with Crippen molar-refractivity contribution in [1.29, 1.82) is 0 Å². The zero-order valence-electron chi connectivity index (χ0n) is 39.5. The average Bonchev–Trinajstić information content (AvgIpc) is 3.23. The average molecular weight is 851 g/mol. The summed E-state index contributed by atoms with van der Waals surface area (Å²) in [5.41, 5.74) is 0. The fraction of sp³-hybridized carbons (Fsp3) is 0.922. The summed E-state index contributed by atoms with van der Waals surface area (Å²) in [5.74, 6) is -2.26. The van der Waals surface area contributed by atoms with Crippen LogP contribution < -0.4 is 10.6 Å². The van der Waals surface area contributed by atoms with Crippen LogP contribution in [0, 0.1) is 0 Å². The van der Waals surface area contributed by atoms with Gasteiger partial charge in [0.05, 0.1) is 13.2 Å². The first-order valence-electron chi connectivity index (χ1n) is 25.9. The highest BCUT2D eigenvalue weighted by Gasteiger charge is 2.19. The zero-order chi connectivity index (χ0) is 44.0. The first kappa shape index (κ1) is 57.8. The van der Waals surface area contributed by atoms with Gasteiger partial charge in [0, 0.05) is 12.8 Å². The first-order chi connectivity index (χ1) is 29.3. The summed E-state index contributed by atoms with van der Waals surface area (Å²) < 4.78 is 6.05. The maximum atomic E-state index is 12.8. The van der Waals surface area contributed by atoms with Crippen molar-refractivity contribution in [1.82, 2.24) is 10.6 Å². The Labute approximate surface area is 369 Å². The van der Waals surface area contributed by atoms with Crippen molar-refractivity contribution in [2.75, 3.05) is 13.2 Å². The van der Waals surface area contributed by atoms with Gasteiger partial charge in [-0.3, -0.25) is 14.4 Å². The van der Waals surface area contributed by atoms with Crippen LogP contribution in [-0.4, -0.2) is 59.3 Å². The molecule has 0 saturated heterocycles. The summed E-state index contributed by atoms with van der Waals surface area (Å²) in [5, 5.41) is 22.6. The molecule has 0 aliphatic rings. The molecule has 0 fully saturated rings. The summed E-state index contributed by atoms with van der Waals surface area (Å²) in [7, 11) is 0. The monoisotopic (exact) mass is 851 g/mol. The Kier molecular flexibility index (Phi) is 44.7. The van der Waals surface area contributed by atoms with Crippen molar-refractivity contribution in [3.05, 3.63) is 0 Å². The van der Waals surface area contributed by atoms with E-state index in [0.29, 0.717) is 19.3 Å². The quantitative estimate of drug-likeness (QED) is 0.0353. The number of aliphatic hydroxyl groups is 1. The van der Waals surface area contributed by atoms with Gasteiger partial charge in [-0.1, -0.05) is 226 Å². The second-order valence-electron chi connectivity index (χ2n) is 18.0. The molecule has 60 heavy (non-hydrogen) atoms. The molecule has 0 heterocycles. The van der Waals surface area contributed by atoms with Gasteiger partial charge in [0.25, 0.3) is 0 Å². The van der Waals surface area contributed by atoms with Crippen LogP contribution in [0.15, 0.2) is 0 Å². The number of ether oxygens (including phenoxy) is 1. The minimum absolute atomic E-state index is 0.00456. The molecule has 0 radical (unpaired) electrons. The molecule has 2 atom stereocenters. The van der Waals surface area contributed by atoms with Crippen molar-refractivity contribution >= 4 is 23.8 Å². The summed E-state index contributed by atoms with van der Waals surface area (Å²) in [6, 6.07) is -1.38. The van der Waals surface area contributed by atoms with Crippen LogP contribution in [0.25, 0.3) is 0 Å². The smallest absolute Gasteiger partial charge is 0.328 e. The standard InChI is InChI=1S/C51H98N2O7/c1-3-5-7-9-11-13-14-15-16-17-18-19-20-21-22-23-24-25-26-28-30-35-39-43-50(57)60-46(40-36-32-29-27-12-10-8-6-4-2)41-37-33-31-34-38-42-48(55)52-44-49(56)53-47(45-54)51(58)59/h46-47,54H,3-45H2,1-2H3,(H,52,55)(H,53,56)(H,58,59). The molecule has 0 bridgehead atoms. The number of nitrogens with one attached hydrogen (secondary N) is 2. The summed E-state index contributed by atoms with van der Waals surface area (Å²) in [6.07, 6.45) is 50.1. The van der Waals surface area contributed by atoms with Crippen molar-refractivity contribution in [3.63, 3.8) is 0 Å². The molecule has 9 nitrogen and oxygen atoms in total.